The summed E-state index contributed by atoms with van der Waals surface area (Å²) < 4.78 is 32.5. The van der Waals surface area contributed by atoms with Gasteiger partial charge in [-0.2, -0.15) is 0 Å². The summed E-state index contributed by atoms with van der Waals surface area (Å²) in [6, 6.07) is 11.9. The van der Waals surface area contributed by atoms with Crippen molar-refractivity contribution in [2.75, 3.05) is 0 Å². The number of hydrogen-bond donors (Lipinski definition) is 1. The van der Waals surface area contributed by atoms with Crippen LogP contribution in [-0.2, 0) is 16.6 Å². The van der Waals surface area contributed by atoms with Crippen LogP contribution in [0.2, 0.25) is 0 Å². The van der Waals surface area contributed by atoms with Gasteiger partial charge in [-0.15, -0.1) is 0 Å². The maximum absolute atomic E-state index is 12.2. The lowest BCUT2D eigenvalue weighted by Gasteiger charge is -2.11. The molecule has 2 aromatic rings. The van der Waals surface area contributed by atoms with Gasteiger partial charge >= 0.3 is 0 Å². The summed E-state index contributed by atoms with van der Waals surface area (Å²) in [6.45, 7) is 3.91. The number of nitro benzene ring substituents is 1. The van der Waals surface area contributed by atoms with Crippen LogP contribution in [-0.4, -0.2) is 19.4 Å². The normalized spacial score (nSPS) is 11.5. The lowest BCUT2D eigenvalue weighted by Crippen LogP contribution is -2.23. The fraction of sp³-hybridized carbons (Fsp3) is 0.250. The first-order valence-electron chi connectivity index (χ1n) is 7.27. The summed E-state index contributed by atoms with van der Waals surface area (Å²) in [5, 5.41) is 10.6. The highest BCUT2D eigenvalue weighted by Gasteiger charge is 2.15. The molecule has 0 aliphatic heterocycles. The van der Waals surface area contributed by atoms with Crippen LogP contribution in [0.3, 0.4) is 0 Å². The molecule has 0 unspecified atom stereocenters. The predicted octanol–water partition coefficient (Wildman–Crippen LogP) is 2.86. The number of benzene rings is 2. The molecule has 2 rings (SSSR count). The minimum Gasteiger partial charge on any atom is -0.491 e. The summed E-state index contributed by atoms with van der Waals surface area (Å²) in [6.07, 6.45) is 0.0250. The number of ether oxygens (including phenoxy) is 1. The fourth-order valence-corrected chi connectivity index (χ4v) is 3.03. The van der Waals surface area contributed by atoms with Crippen molar-refractivity contribution in [1.82, 2.24) is 4.72 Å². The molecule has 2 aromatic carbocycles. The van der Waals surface area contributed by atoms with Crippen molar-refractivity contribution in [1.29, 1.82) is 0 Å². The molecule has 0 saturated carbocycles. The third-order valence-electron chi connectivity index (χ3n) is 3.09. The van der Waals surface area contributed by atoms with Gasteiger partial charge < -0.3 is 4.74 Å². The Labute approximate surface area is 140 Å². The minimum absolute atomic E-state index is 0.0250. The third kappa shape index (κ3) is 4.77. The van der Waals surface area contributed by atoms with E-state index in [2.05, 4.69) is 4.72 Å². The topological polar surface area (TPSA) is 98.5 Å². The fourth-order valence-electron chi connectivity index (χ4n) is 2.01. The Hall–Kier alpha value is -2.45. The Balaban J connectivity index is 2.08. The first kappa shape index (κ1) is 17.9. The van der Waals surface area contributed by atoms with Gasteiger partial charge in [-0.1, -0.05) is 12.1 Å². The quantitative estimate of drug-likeness (QED) is 0.611. The highest BCUT2D eigenvalue weighted by molar-refractivity contribution is 7.89. The zero-order valence-electron chi connectivity index (χ0n) is 13.3. The zero-order valence-corrected chi connectivity index (χ0v) is 14.1. The second-order valence-corrected chi connectivity index (χ2v) is 7.16. The van der Waals surface area contributed by atoms with E-state index in [1.165, 1.54) is 12.1 Å². The maximum Gasteiger partial charge on any atom is 0.269 e. The molecule has 0 spiro atoms. The average molecular weight is 350 g/mol. The van der Waals surface area contributed by atoms with Gasteiger partial charge in [-0.3, -0.25) is 10.1 Å². The van der Waals surface area contributed by atoms with E-state index in [1.54, 1.807) is 24.3 Å². The molecule has 8 heteroatoms. The molecule has 0 heterocycles. The van der Waals surface area contributed by atoms with Crippen LogP contribution in [0, 0.1) is 10.1 Å². The largest absolute Gasteiger partial charge is 0.491 e. The highest BCUT2D eigenvalue weighted by Crippen LogP contribution is 2.18. The number of nitrogens with zero attached hydrogens (tertiary/aromatic N) is 1. The van der Waals surface area contributed by atoms with Crippen molar-refractivity contribution >= 4 is 15.7 Å². The number of hydrogen-bond acceptors (Lipinski definition) is 5. The van der Waals surface area contributed by atoms with Gasteiger partial charge in [0.15, 0.2) is 0 Å². The molecule has 128 valence electrons. The van der Waals surface area contributed by atoms with E-state index in [-0.39, 0.29) is 23.2 Å². The molecular formula is C16H18N2O5S. The minimum atomic E-state index is -3.75. The van der Waals surface area contributed by atoms with Crippen LogP contribution in [0.15, 0.2) is 53.4 Å². The molecule has 0 aliphatic carbocycles. The van der Waals surface area contributed by atoms with Gasteiger partial charge in [0.25, 0.3) is 5.69 Å². The molecule has 0 aromatic heterocycles. The number of sulfonamides is 1. The van der Waals surface area contributed by atoms with E-state index in [0.29, 0.717) is 5.75 Å². The van der Waals surface area contributed by atoms with Crippen molar-refractivity contribution in [3.8, 4) is 5.75 Å². The van der Waals surface area contributed by atoms with Gasteiger partial charge in [0.2, 0.25) is 10.0 Å². The van der Waals surface area contributed by atoms with Crippen molar-refractivity contribution in [3.05, 3.63) is 64.2 Å². The molecule has 7 nitrogen and oxygen atoms in total. The summed E-state index contributed by atoms with van der Waals surface area (Å²) in [5.41, 5.74) is 0.589. The Morgan fingerprint density at radius 2 is 1.83 bits per heavy atom. The van der Waals surface area contributed by atoms with Gasteiger partial charge in [0.1, 0.15) is 5.75 Å². The Kier molecular flexibility index (Phi) is 5.53. The average Bonchev–Trinajstić information content (AvgIpc) is 2.53. The van der Waals surface area contributed by atoms with Crippen LogP contribution in [0.1, 0.15) is 19.4 Å². The summed E-state index contributed by atoms with van der Waals surface area (Å²) >= 11 is 0. The van der Waals surface area contributed by atoms with E-state index in [0.717, 1.165) is 17.7 Å². The SMILES string of the molecule is CC(C)Oc1cccc(CNS(=O)(=O)c2ccc([N+](=O)[O-])cc2)c1. The molecule has 0 radical (unpaired) electrons. The number of nitrogens with one attached hydrogen (secondary N) is 1. The molecule has 0 bridgehead atoms. The van der Waals surface area contributed by atoms with E-state index >= 15 is 0 Å². The first-order valence-corrected chi connectivity index (χ1v) is 8.76. The van der Waals surface area contributed by atoms with E-state index in [9.17, 15) is 18.5 Å². The first-order chi connectivity index (χ1) is 11.3. The lowest BCUT2D eigenvalue weighted by atomic mass is 10.2. The monoisotopic (exact) mass is 350 g/mol. The van der Waals surface area contributed by atoms with E-state index in [4.69, 9.17) is 4.74 Å². The van der Waals surface area contributed by atoms with Crippen molar-refractivity contribution in [2.24, 2.45) is 0 Å². The Bertz CT molecular complexity index is 817. The standard InChI is InChI=1S/C16H18N2O5S/c1-12(2)23-15-5-3-4-13(10-15)11-17-24(21,22)16-8-6-14(7-9-16)18(19)20/h3-10,12,17H,11H2,1-2H3. The zero-order chi connectivity index (χ0) is 17.7. The van der Waals surface area contributed by atoms with E-state index in [1.807, 2.05) is 13.8 Å². The van der Waals surface area contributed by atoms with Crippen molar-refractivity contribution in [2.45, 2.75) is 31.4 Å². The van der Waals surface area contributed by atoms with Crippen molar-refractivity contribution in [3.63, 3.8) is 0 Å². The summed E-state index contributed by atoms with van der Waals surface area (Å²) in [5.74, 6) is 0.664. The van der Waals surface area contributed by atoms with Crippen LogP contribution in [0.25, 0.3) is 0 Å². The summed E-state index contributed by atoms with van der Waals surface area (Å²) in [7, 11) is -3.75. The second kappa shape index (κ2) is 7.41. The van der Waals surface area contributed by atoms with E-state index < -0.39 is 14.9 Å². The number of non-ortho nitro benzene ring substituents is 1. The molecule has 24 heavy (non-hydrogen) atoms. The Morgan fingerprint density at radius 3 is 2.42 bits per heavy atom. The molecule has 0 atom stereocenters. The third-order valence-corrected chi connectivity index (χ3v) is 4.51. The van der Waals surface area contributed by atoms with Crippen molar-refractivity contribution < 1.29 is 18.1 Å². The van der Waals surface area contributed by atoms with Crippen LogP contribution < -0.4 is 9.46 Å². The maximum atomic E-state index is 12.2. The molecule has 0 aliphatic rings. The smallest absolute Gasteiger partial charge is 0.269 e. The van der Waals surface area contributed by atoms with Crippen LogP contribution in [0.4, 0.5) is 5.69 Å². The number of nitro groups is 1. The number of rotatable bonds is 7. The highest BCUT2D eigenvalue weighted by atomic mass is 32.2. The summed E-state index contributed by atoms with van der Waals surface area (Å²) in [4.78, 5) is 10.0. The Morgan fingerprint density at radius 1 is 1.17 bits per heavy atom. The molecule has 1 N–H and O–H groups in total. The second-order valence-electron chi connectivity index (χ2n) is 5.39. The van der Waals surface area contributed by atoms with Gasteiger partial charge in [-0.25, -0.2) is 13.1 Å². The predicted molar refractivity (Wildman–Crippen MR) is 89.3 cm³/mol. The lowest BCUT2D eigenvalue weighted by molar-refractivity contribution is -0.384. The van der Waals surface area contributed by atoms with Gasteiger partial charge in [-0.05, 0) is 43.7 Å². The van der Waals surface area contributed by atoms with Gasteiger partial charge in [0.05, 0.1) is 15.9 Å². The van der Waals surface area contributed by atoms with Gasteiger partial charge in [0, 0.05) is 18.7 Å². The molecule has 0 fully saturated rings. The molecular weight excluding hydrogens is 332 g/mol. The molecule has 0 amide bonds. The van der Waals surface area contributed by atoms with Crippen LogP contribution in [0.5, 0.6) is 5.75 Å². The molecule has 0 saturated heterocycles. The van der Waals surface area contributed by atoms with Crippen LogP contribution >= 0.6 is 0 Å².